The van der Waals surface area contributed by atoms with Crippen LogP contribution >= 0.6 is 0 Å². The van der Waals surface area contributed by atoms with Gasteiger partial charge in [0.1, 0.15) is 0 Å². The second-order valence-electron chi connectivity index (χ2n) is 6.98. The van der Waals surface area contributed by atoms with Crippen molar-refractivity contribution < 1.29 is 22.7 Å². The number of hydrogen-bond acceptors (Lipinski definition) is 5. The van der Waals surface area contributed by atoms with Crippen molar-refractivity contribution in [3.8, 4) is 0 Å². The van der Waals surface area contributed by atoms with Crippen LogP contribution in [0.4, 0.5) is 0 Å². The molecule has 0 aromatic heterocycles. The third-order valence-corrected chi connectivity index (χ3v) is 7.05. The maximum Gasteiger partial charge on any atom is 0.310 e. The molecule has 8 heteroatoms. The summed E-state index contributed by atoms with van der Waals surface area (Å²) in [6.45, 7) is 4.11. The van der Waals surface area contributed by atoms with Gasteiger partial charge in [-0.05, 0) is 56.9 Å². The molecule has 0 radical (unpaired) electrons. The van der Waals surface area contributed by atoms with Gasteiger partial charge in [0.15, 0.2) is 0 Å². The van der Waals surface area contributed by atoms with Gasteiger partial charge in [-0.1, -0.05) is 0 Å². The predicted molar refractivity (Wildman–Crippen MR) is 99.7 cm³/mol. The molecule has 2 aliphatic rings. The smallest absolute Gasteiger partial charge is 0.310 e. The van der Waals surface area contributed by atoms with Gasteiger partial charge < -0.3 is 9.64 Å². The van der Waals surface area contributed by atoms with Crippen molar-refractivity contribution in [3.63, 3.8) is 0 Å². The fraction of sp³-hybridized carbons (Fsp3) is 0.579. The molecule has 0 spiro atoms. The summed E-state index contributed by atoms with van der Waals surface area (Å²) in [5.41, 5.74) is 0.430. The van der Waals surface area contributed by atoms with Gasteiger partial charge in [-0.25, -0.2) is 8.42 Å². The van der Waals surface area contributed by atoms with Gasteiger partial charge in [-0.2, -0.15) is 4.31 Å². The lowest BCUT2D eigenvalue weighted by Crippen LogP contribution is -2.42. The Bertz CT molecular complexity index is 785. The second-order valence-corrected chi connectivity index (χ2v) is 8.92. The molecule has 0 N–H and O–H groups in total. The number of likely N-dealkylation sites (tertiary alicyclic amines) is 1. The summed E-state index contributed by atoms with van der Waals surface area (Å²) in [5.74, 6) is -0.742. The lowest BCUT2D eigenvalue weighted by Gasteiger charge is -2.31. The molecule has 7 nitrogen and oxygen atoms in total. The van der Waals surface area contributed by atoms with Crippen molar-refractivity contribution >= 4 is 21.9 Å². The standard InChI is InChI=1S/C19H26N2O5S/c1-2-26-19(23)16-6-5-11-20(14-16)18(22)15-7-9-17(10-8-15)27(24,25)21-12-3-4-13-21/h7-10,16H,2-6,11-14H2,1H3/t16-/m0/s1. The molecule has 2 aliphatic heterocycles. The Morgan fingerprint density at radius 2 is 1.74 bits per heavy atom. The van der Waals surface area contributed by atoms with E-state index in [1.54, 1.807) is 24.0 Å². The Labute approximate surface area is 160 Å². The number of hydrogen-bond donors (Lipinski definition) is 0. The molecule has 0 aliphatic carbocycles. The number of rotatable bonds is 5. The number of esters is 1. The highest BCUT2D eigenvalue weighted by Crippen LogP contribution is 2.23. The van der Waals surface area contributed by atoms with E-state index in [2.05, 4.69) is 0 Å². The SMILES string of the molecule is CCOC(=O)[C@H]1CCCN(C(=O)c2ccc(S(=O)(=O)N3CCCC3)cc2)C1. The molecule has 2 fully saturated rings. The highest BCUT2D eigenvalue weighted by atomic mass is 32.2. The van der Waals surface area contributed by atoms with Gasteiger partial charge in [0.25, 0.3) is 5.91 Å². The maximum absolute atomic E-state index is 12.8. The Morgan fingerprint density at radius 1 is 1.07 bits per heavy atom. The first-order valence-corrected chi connectivity index (χ1v) is 10.9. The zero-order valence-corrected chi connectivity index (χ0v) is 16.4. The van der Waals surface area contributed by atoms with Crippen LogP contribution in [0, 0.1) is 5.92 Å². The first kappa shape index (κ1) is 19.8. The van der Waals surface area contributed by atoms with Crippen molar-refractivity contribution in [3.05, 3.63) is 29.8 Å². The van der Waals surface area contributed by atoms with E-state index in [1.807, 2.05) is 0 Å². The summed E-state index contributed by atoms with van der Waals surface area (Å²) < 4.78 is 31.7. The zero-order valence-electron chi connectivity index (χ0n) is 15.6. The number of sulfonamides is 1. The van der Waals surface area contributed by atoms with Gasteiger partial charge in [0.05, 0.1) is 17.4 Å². The number of carbonyl (C=O) groups is 2. The predicted octanol–water partition coefficient (Wildman–Crippen LogP) is 1.89. The van der Waals surface area contributed by atoms with E-state index in [4.69, 9.17) is 4.74 Å². The molecule has 1 aromatic carbocycles. The van der Waals surface area contributed by atoms with Crippen molar-refractivity contribution in [2.75, 3.05) is 32.8 Å². The highest BCUT2D eigenvalue weighted by Gasteiger charge is 2.31. The van der Waals surface area contributed by atoms with Crippen LogP contribution in [-0.4, -0.2) is 62.3 Å². The van der Waals surface area contributed by atoms with Gasteiger partial charge >= 0.3 is 5.97 Å². The largest absolute Gasteiger partial charge is 0.466 e. The summed E-state index contributed by atoms with van der Waals surface area (Å²) in [6, 6.07) is 6.10. The fourth-order valence-electron chi connectivity index (χ4n) is 3.64. The van der Waals surface area contributed by atoms with E-state index in [0.717, 1.165) is 25.7 Å². The maximum atomic E-state index is 12.8. The second kappa shape index (κ2) is 8.39. The number of ether oxygens (including phenoxy) is 1. The van der Waals surface area contributed by atoms with Crippen molar-refractivity contribution in [1.82, 2.24) is 9.21 Å². The first-order chi connectivity index (χ1) is 12.9. The third kappa shape index (κ3) is 4.32. The molecular weight excluding hydrogens is 368 g/mol. The van der Waals surface area contributed by atoms with Crippen molar-refractivity contribution in [2.24, 2.45) is 5.92 Å². The summed E-state index contributed by atoms with van der Waals surface area (Å²) >= 11 is 0. The molecule has 27 heavy (non-hydrogen) atoms. The molecule has 2 saturated heterocycles. The van der Waals surface area contributed by atoms with Gasteiger partial charge in [0.2, 0.25) is 10.0 Å². The number of amides is 1. The Morgan fingerprint density at radius 3 is 2.37 bits per heavy atom. The van der Waals surface area contributed by atoms with Crippen LogP contribution in [0.3, 0.4) is 0 Å². The van der Waals surface area contributed by atoms with E-state index in [-0.39, 0.29) is 22.7 Å². The molecule has 3 rings (SSSR count). The van der Waals surface area contributed by atoms with E-state index in [0.29, 0.717) is 38.3 Å². The third-order valence-electron chi connectivity index (χ3n) is 5.13. The number of nitrogens with zero attached hydrogens (tertiary/aromatic N) is 2. The van der Waals surface area contributed by atoms with E-state index in [1.165, 1.54) is 16.4 Å². The number of benzene rings is 1. The minimum atomic E-state index is -3.49. The summed E-state index contributed by atoms with van der Waals surface area (Å²) in [5, 5.41) is 0. The molecular formula is C19H26N2O5S. The molecule has 0 saturated carbocycles. The van der Waals surface area contributed by atoms with E-state index in [9.17, 15) is 18.0 Å². The highest BCUT2D eigenvalue weighted by molar-refractivity contribution is 7.89. The van der Waals surface area contributed by atoms with Crippen LogP contribution in [0.5, 0.6) is 0 Å². The minimum absolute atomic E-state index is 0.186. The molecule has 2 heterocycles. The Kier molecular flexibility index (Phi) is 6.16. The lowest BCUT2D eigenvalue weighted by atomic mass is 9.97. The molecule has 1 amide bonds. The molecule has 0 unspecified atom stereocenters. The average molecular weight is 394 g/mol. The van der Waals surface area contributed by atoms with Crippen LogP contribution in [0.2, 0.25) is 0 Å². The van der Waals surface area contributed by atoms with Crippen LogP contribution in [0.1, 0.15) is 43.0 Å². The summed E-state index contributed by atoms with van der Waals surface area (Å²) in [6.07, 6.45) is 3.23. The van der Waals surface area contributed by atoms with Gasteiger partial charge in [-0.3, -0.25) is 9.59 Å². The molecule has 1 atom stereocenters. The van der Waals surface area contributed by atoms with E-state index >= 15 is 0 Å². The van der Waals surface area contributed by atoms with Crippen LogP contribution in [0.15, 0.2) is 29.2 Å². The molecule has 148 valence electrons. The topological polar surface area (TPSA) is 84.0 Å². The van der Waals surface area contributed by atoms with Crippen LogP contribution in [-0.2, 0) is 19.6 Å². The van der Waals surface area contributed by atoms with Crippen LogP contribution in [0.25, 0.3) is 0 Å². The monoisotopic (exact) mass is 394 g/mol. The number of piperidine rings is 1. The quantitative estimate of drug-likeness (QED) is 0.712. The zero-order chi connectivity index (χ0) is 19.4. The Balaban J connectivity index is 1.69. The van der Waals surface area contributed by atoms with Crippen LogP contribution < -0.4 is 0 Å². The van der Waals surface area contributed by atoms with Crippen molar-refractivity contribution in [2.45, 2.75) is 37.5 Å². The molecule has 0 bridgehead atoms. The normalized spacial score (nSPS) is 21.2. The number of carbonyl (C=O) groups excluding carboxylic acids is 2. The lowest BCUT2D eigenvalue weighted by molar-refractivity contribution is -0.149. The Hall–Kier alpha value is -1.93. The van der Waals surface area contributed by atoms with E-state index < -0.39 is 10.0 Å². The average Bonchev–Trinajstić information content (AvgIpc) is 3.23. The minimum Gasteiger partial charge on any atom is -0.466 e. The molecule has 1 aromatic rings. The summed E-state index contributed by atoms with van der Waals surface area (Å²) in [4.78, 5) is 26.6. The first-order valence-electron chi connectivity index (χ1n) is 9.49. The summed E-state index contributed by atoms with van der Waals surface area (Å²) in [7, 11) is -3.49. The van der Waals surface area contributed by atoms with Gasteiger partial charge in [0, 0.05) is 31.7 Å². The fourth-order valence-corrected chi connectivity index (χ4v) is 5.16. The van der Waals surface area contributed by atoms with Gasteiger partial charge in [-0.15, -0.1) is 0 Å². The van der Waals surface area contributed by atoms with Crippen molar-refractivity contribution in [1.29, 1.82) is 0 Å².